The standard InChI is InChI=1S/C12H12F4N2O/c1-3-18-12(2,5-17)6-19-11-9(15)7(13)4-8(14)10(11)16/h4,18H,3,6H2,1-2H3. The predicted molar refractivity (Wildman–Crippen MR) is 59.5 cm³/mol. The highest BCUT2D eigenvalue weighted by atomic mass is 19.2. The summed E-state index contributed by atoms with van der Waals surface area (Å²) in [5.41, 5.74) is -1.23. The molecule has 0 saturated carbocycles. The number of rotatable bonds is 5. The van der Waals surface area contributed by atoms with Gasteiger partial charge in [-0.2, -0.15) is 14.0 Å². The molecule has 19 heavy (non-hydrogen) atoms. The van der Waals surface area contributed by atoms with E-state index >= 15 is 0 Å². The third-order valence-corrected chi connectivity index (χ3v) is 2.39. The topological polar surface area (TPSA) is 45.0 Å². The number of halogens is 4. The minimum absolute atomic E-state index is 0.0886. The van der Waals surface area contributed by atoms with E-state index in [0.29, 0.717) is 6.54 Å². The molecule has 1 rings (SSSR count). The van der Waals surface area contributed by atoms with Crippen LogP contribution in [0.1, 0.15) is 13.8 Å². The van der Waals surface area contributed by atoms with Gasteiger partial charge < -0.3 is 4.74 Å². The first-order chi connectivity index (χ1) is 8.84. The van der Waals surface area contributed by atoms with Gasteiger partial charge in [0, 0.05) is 6.07 Å². The number of nitrogens with one attached hydrogen (secondary N) is 1. The molecule has 1 aromatic carbocycles. The second-order valence-corrected chi connectivity index (χ2v) is 4.06. The summed E-state index contributed by atoms with van der Waals surface area (Å²) >= 11 is 0. The van der Waals surface area contributed by atoms with Crippen molar-refractivity contribution in [1.82, 2.24) is 5.32 Å². The molecule has 0 aromatic heterocycles. The molecule has 0 aliphatic heterocycles. The number of benzene rings is 1. The van der Waals surface area contributed by atoms with Crippen molar-refractivity contribution in [3.63, 3.8) is 0 Å². The lowest BCUT2D eigenvalue weighted by atomic mass is 10.1. The van der Waals surface area contributed by atoms with Crippen LogP contribution in [0.25, 0.3) is 0 Å². The molecule has 3 nitrogen and oxygen atoms in total. The maximum Gasteiger partial charge on any atom is 0.203 e. The molecule has 0 spiro atoms. The molecule has 0 aliphatic carbocycles. The summed E-state index contributed by atoms with van der Waals surface area (Å²) in [5, 5.41) is 11.6. The molecule has 0 amide bonds. The highest BCUT2D eigenvalue weighted by Gasteiger charge is 2.27. The Morgan fingerprint density at radius 3 is 2.21 bits per heavy atom. The highest BCUT2D eigenvalue weighted by molar-refractivity contribution is 5.29. The molecule has 0 heterocycles. The van der Waals surface area contributed by atoms with E-state index in [0.717, 1.165) is 0 Å². The zero-order valence-corrected chi connectivity index (χ0v) is 10.4. The van der Waals surface area contributed by atoms with Gasteiger partial charge in [-0.15, -0.1) is 0 Å². The Labute approximate surface area is 107 Å². The molecule has 1 atom stereocenters. The summed E-state index contributed by atoms with van der Waals surface area (Å²) in [6.07, 6.45) is 0. The average Bonchev–Trinajstić information content (AvgIpc) is 2.37. The Bertz CT molecular complexity index is 489. The van der Waals surface area contributed by atoms with Gasteiger partial charge in [-0.3, -0.25) is 5.32 Å². The molecule has 0 aliphatic rings. The summed E-state index contributed by atoms with van der Waals surface area (Å²) in [7, 11) is 0. The smallest absolute Gasteiger partial charge is 0.203 e. The van der Waals surface area contributed by atoms with Crippen LogP contribution in [0, 0.1) is 34.6 Å². The first-order valence-electron chi connectivity index (χ1n) is 5.46. The fourth-order valence-electron chi connectivity index (χ4n) is 1.41. The van der Waals surface area contributed by atoms with Crippen molar-refractivity contribution in [1.29, 1.82) is 5.26 Å². The Morgan fingerprint density at radius 1 is 1.26 bits per heavy atom. The fourth-order valence-corrected chi connectivity index (χ4v) is 1.41. The van der Waals surface area contributed by atoms with Crippen molar-refractivity contribution in [3.8, 4) is 11.8 Å². The van der Waals surface area contributed by atoms with E-state index in [2.05, 4.69) is 5.32 Å². The molecule has 1 unspecified atom stereocenters. The molecular formula is C12H12F4N2O. The van der Waals surface area contributed by atoms with E-state index in [1.807, 2.05) is 6.07 Å². The third kappa shape index (κ3) is 3.35. The average molecular weight is 276 g/mol. The monoisotopic (exact) mass is 276 g/mol. The van der Waals surface area contributed by atoms with Crippen LogP contribution in [0.5, 0.6) is 5.75 Å². The van der Waals surface area contributed by atoms with E-state index in [9.17, 15) is 17.6 Å². The Morgan fingerprint density at radius 2 is 1.79 bits per heavy atom. The molecule has 1 aromatic rings. The van der Waals surface area contributed by atoms with Gasteiger partial charge in [0.2, 0.25) is 11.6 Å². The first-order valence-corrected chi connectivity index (χ1v) is 5.46. The van der Waals surface area contributed by atoms with Gasteiger partial charge in [0.1, 0.15) is 12.1 Å². The summed E-state index contributed by atoms with van der Waals surface area (Å²) in [4.78, 5) is 0. The largest absolute Gasteiger partial charge is 0.484 e. The van der Waals surface area contributed by atoms with E-state index in [1.165, 1.54) is 6.92 Å². The molecule has 0 fully saturated rings. The van der Waals surface area contributed by atoms with Crippen molar-refractivity contribution in [2.45, 2.75) is 19.4 Å². The third-order valence-electron chi connectivity index (χ3n) is 2.39. The molecule has 1 N–H and O–H groups in total. The van der Waals surface area contributed by atoms with Crippen molar-refractivity contribution in [2.75, 3.05) is 13.2 Å². The van der Waals surface area contributed by atoms with Crippen molar-refractivity contribution >= 4 is 0 Å². The van der Waals surface area contributed by atoms with Crippen LogP contribution in [-0.2, 0) is 0 Å². The van der Waals surface area contributed by atoms with Gasteiger partial charge in [0.05, 0.1) is 6.07 Å². The number of likely N-dealkylation sites (N-methyl/N-ethyl adjacent to an activating group) is 1. The van der Waals surface area contributed by atoms with Gasteiger partial charge in [-0.25, -0.2) is 8.78 Å². The second kappa shape index (κ2) is 5.89. The number of ether oxygens (including phenoxy) is 1. The Hall–Kier alpha value is -1.81. The maximum atomic E-state index is 13.3. The minimum atomic E-state index is -1.63. The van der Waals surface area contributed by atoms with Gasteiger partial charge in [-0.1, -0.05) is 6.92 Å². The van der Waals surface area contributed by atoms with Crippen LogP contribution in [0.2, 0.25) is 0 Å². The highest BCUT2D eigenvalue weighted by Crippen LogP contribution is 2.27. The summed E-state index contributed by atoms with van der Waals surface area (Å²) in [6.45, 7) is 3.10. The summed E-state index contributed by atoms with van der Waals surface area (Å²) < 4.78 is 57.2. The molecule has 0 radical (unpaired) electrons. The second-order valence-electron chi connectivity index (χ2n) is 4.06. The number of hydrogen-bond acceptors (Lipinski definition) is 3. The van der Waals surface area contributed by atoms with Crippen LogP contribution in [0.4, 0.5) is 17.6 Å². The quantitative estimate of drug-likeness (QED) is 0.664. The normalized spacial score (nSPS) is 13.7. The first kappa shape index (κ1) is 15.2. The van der Waals surface area contributed by atoms with Crippen molar-refractivity contribution < 1.29 is 22.3 Å². The zero-order valence-electron chi connectivity index (χ0n) is 10.4. The van der Waals surface area contributed by atoms with Gasteiger partial charge in [0.25, 0.3) is 0 Å². The molecule has 104 valence electrons. The van der Waals surface area contributed by atoms with Gasteiger partial charge in [0.15, 0.2) is 17.4 Å². The molecular weight excluding hydrogens is 264 g/mol. The van der Waals surface area contributed by atoms with Crippen molar-refractivity contribution in [3.05, 3.63) is 29.3 Å². The van der Waals surface area contributed by atoms with Crippen LogP contribution in [0.3, 0.4) is 0 Å². The van der Waals surface area contributed by atoms with Gasteiger partial charge >= 0.3 is 0 Å². The minimum Gasteiger partial charge on any atom is -0.484 e. The lowest BCUT2D eigenvalue weighted by molar-refractivity contribution is 0.212. The summed E-state index contributed by atoms with van der Waals surface area (Å²) in [6, 6.07) is 1.94. The Kier molecular flexibility index (Phi) is 4.72. The van der Waals surface area contributed by atoms with Crippen LogP contribution in [-0.4, -0.2) is 18.7 Å². The fraction of sp³-hybridized carbons (Fsp3) is 0.417. The van der Waals surface area contributed by atoms with Crippen LogP contribution >= 0.6 is 0 Å². The molecule has 7 heteroatoms. The van der Waals surface area contributed by atoms with E-state index < -0.39 is 41.2 Å². The van der Waals surface area contributed by atoms with Crippen LogP contribution in [0.15, 0.2) is 6.07 Å². The molecule has 0 saturated heterocycles. The van der Waals surface area contributed by atoms with E-state index in [1.54, 1.807) is 6.92 Å². The molecule has 0 bridgehead atoms. The van der Waals surface area contributed by atoms with Crippen molar-refractivity contribution in [2.24, 2.45) is 0 Å². The predicted octanol–water partition coefficient (Wildman–Crippen LogP) is 2.51. The SMILES string of the molecule is CCNC(C)(C#N)COc1c(F)c(F)cc(F)c1F. The number of nitrogens with zero attached hydrogens (tertiary/aromatic N) is 1. The van der Waals surface area contributed by atoms with Crippen LogP contribution < -0.4 is 10.1 Å². The van der Waals surface area contributed by atoms with E-state index in [-0.39, 0.29) is 6.07 Å². The maximum absolute atomic E-state index is 13.3. The Balaban J connectivity index is 2.98. The van der Waals surface area contributed by atoms with E-state index in [4.69, 9.17) is 10.00 Å². The summed E-state index contributed by atoms with van der Waals surface area (Å²) in [5.74, 6) is -7.55. The number of nitriles is 1. The zero-order chi connectivity index (χ0) is 14.6. The lowest BCUT2D eigenvalue weighted by Crippen LogP contribution is -2.46. The van der Waals surface area contributed by atoms with Gasteiger partial charge in [-0.05, 0) is 13.5 Å². The lowest BCUT2D eigenvalue weighted by Gasteiger charge is -2.22. The number of hydrogen-bond donors (Lipinski definition) is 1.